The Balaban J connectivity index is 1.57. The number of benzene rings is 2. The molecule has 0 unspecified atom stereocenters. The minimum absolute atomic E-state index is 0.162. The lowest BCUT2D eigenvalue weighted by molar-refractivity contribution is -0.116. The zero-order valence-electron chi connectivity index (χ0n) is 17.2. The number of aryl methyl sites for hydroxylation is 2. The first-order chi connectivity index (χ1) is 14.8. The SMILES string of the molecule is Cc1noc(C)c1COc1ccc(C(=O)N(C)CC(=O)Nc2c(Cl)cccc2Cl)cc1. The number of halogens is 2. The molecule has 3 aromatic rings. The quantitative estimate of drug-likeness (QED) is 0.541. The van der Waals surface area contributed by atoms with E-state index in [1.54, 1.807) is 42.5 Å². The molecule has 0 aliphatic heterocycles. The molecule has 0 aliphatic carbocycles. The monoisotopic (exact) mass is 461 g/mol. The number of carbonyl (C=O) groups excluding carboxylic acids is 2. The van der Waals surface area contributed by atoms with E-state index >= 15 is 0 Å². The molecule has 2 amide bonds. The van der Waals surface area contributed by atoms with Crippen molar-refractivity contribution >= 4 is 40.7 Å². The number of nitrogens with one attached hydrogen (secondary N) is 1. The number of nitrogens with zero attached hydrogens (tertiary/aromatic N) is 2. The lowest BCUT2D eigenvalue weighted by atomic mass is 10.2. The Bertz CT molecular complexity index is 1060. The molecular formula is C22H21Cl2N3O4. The number of amides is 2. The van der Waals surface area contributed by atoms with Crippen LogP contribution in [0.1, 0.15) is 27.4 Å². The average Bonchev–Trinajstić information content (AvgIpc) is 3.06. The van der Waals surface area contributed by atoms with Crippen LogP contribution < -0.4 is 10.1 Å². The van der Waals surface area contributed by atoms with Crippen molar-refractivity contribution in [1.82, 2.24) is 10.1 Å². The third-order valence-electron chi connectivity index (χ3n) is 4.62. The van der Waals surface area contributed by atoms with E-state index in [0.29, 0.717) is 39.4 Å². The molecule has 0 radical (unpaired) electrons. The predicted octanol–water partition coefficient (Wildman–Crippen LogP) is 4.89. The van der Waals surface area contributed by atoms with E-state index in [0.717, 1.165) is 11.3 Å². The molecule has 0 saturated heterocycles. The number of hydrogen-bond acceptors (Lipinski definition) is 5. The third-order valence-corrected chi connectivity index (χ3v) is 5.25. The number of carbonyl (C=O) groups is 2. The largest absolute Gasteiger partial charge is 0.489 e. The van der Waals surface area contributed by atoms with E-state index in [-0.39, 0.29) is 12.5 Å². The number of para-hydroxylation sites is 1. The Morgan fingerprint density at radius 2 is 1.74 bits per heavy atom. The Labute approximate surface area is 189 Å². The van der Waals surface area contributed by atoms with Gasteiger partial charge in [0.25, 0.3) is 5.91 Å². The van der Waals surface area contributed by atoms with Gasteiger partial charge in [-0.15, -0.1) is 0 Å². The Morgan fingerprint density at radius 3 is 2.32 bits per heavy atom. The zero-order chi connectivity index (χ0) is 22.5. The maximum atomic E-state index is 12.6. The number of aromatic nitrogens is 1. The molecule has 3 rings (SSSR count). The molecule has 0 aliphatic rings. The smallest absolute Gasteiger partial charge is 0.254 e. The van der Waals surface area contributed by atoms with E-state index < -0.39 is 5.91 Å². The van der Waals surface area contributed by atoms with Crippen LogP contribution in [0.5, 0.6) is 5.75 Å². The highest BCUT2D eigenvalue weighted by Gasteiger charge is 2.17. The fraction of sp³-hybridized carbons (Fsp3) is 0.227. The van der Waals surface area contributed by atoms with Gasteiger partial charge in [-0.1, -0.05) is 34.4 Å². The summed E-state index contributed by atoms with van der Waals surface area (Å²) in [6.07, 6.45) is 0. The number of hydrogen-bond donors (Lipinski definition) is 1. The Hall–Kier alpha value is -3.03. The molecule has 0 spiro atoms. The fourth-order valence-corrected chi connectivity index (χ4v) is 3.35. The minimum atomic E-state index is -0.412. The molecule has 162 valence electrons. The van der Waals surface area contributed by atoms with Crippen molar-refractivity contribution in [1.29, 1.82) is 0 Å². The molecule has 31 heavy (non-hydrogen) atoms. The average molecular weight is 462 g/mol. The molecule has 7 nitrogen and oxygen atoms in total. The number of anilines is 1. The number of ether oxygens (including phenoxy) is 1. The number of rotatable bonds is 7. The van der Waals surface area contributed by atoms with Crippen LogP contribution in [0.25, 0.3) is 0 Å². The van der Waals surface area contributed by atoms with Crippen molar-refractivity contribution in [3.05, 3.63) is 75.1 Å². The maximum absolute atomic E-state index is 12.6. The highest BCUT2D eigenvalue weighted by Crippen LogP contribution is 2.29. The Morgan fingerprint density at radius 1 is 1.10 bits per heavy atom. The molecule has 1 heterocycles. The van der Waals surface area contributed by atoms with Gasteiger partial charge in [0.05, 0.1) is 33.5 Å². The summed E-state index contributed by atoms with van der Waals surface area (Å²) in [6, 6.07) is 11.6. The van der Waals surface area contributed by atoms with E-state index in [1.807, 2.05) is 13.8 Å². The molecule has 2 aromatic carbocycles. The van der Waals surface area contributed by atoms with Gasteiger partial charge in [0.15, 0.2) is 0 Å². The predicted molar refractivity (Wildman–Crippen MR) is 119 cm³/mol. The fourth-order valence-electron chi connectivity index (χ4n) is 2.86. The van der Waals surface area contributed by atoms with E-state index in [1.165, 1.54) is 11.9 Å². The normalized spacial score (nSPS) is 10.6. The van der Waals surface area contributed by atoms with Gasteiger partial charge in [-0.3, -0.25) is 9.59 Å². The van der Waals surface area contributed by atoms with Crippen LogP contribution in [-0.2, 0) is 11.4 Å². The summed E-state index contributed by atoms with van der Waals surface area (Å²) in [6.45, 7) is 3.83. The van der Waals surface area contributed by atoms with Gasteiger partial charge in [0, 0.05) is 12.6 Å². The lowest BCUT2D eigenvalue weighted by Gasteiger charge is -2.18. The van der Waals surface area contributed by atoms with Gasteiger partial charge < -0.3 is 19.5 Å². The van der Waals surface area contributed by atoms with Crippen LogP contribution in [0.4, 0.5) is 5.69 Å². The van der Waals surface area contributed by atoms with Gasteiger partial charge in [-0.05, 0) is 50.2 Å². The minimum Gasteiger partial charge on any atom is -0.489 e. The first-order valence-corrected chi connectivity index (χ1v) is 10.2. The zero-order valence-corrected chi connectivity index (χ0v) is 18.8. The molecule has 1 N–H and O–H groups in total. The topological polar surface area (TPSA) is 84.7 Å². The second-order valence-electron chi connectivity index (χ2n) is 6.92. The summed E-state index contributed by atoms with van der Waals surface area (Å²) in [7, 11) is 1.54. The van der Waals surface area contributed by atoms with E-state index in [9.17, 15) is 9.59 Å². The molecule has 0 saturated carbocycles. The molecule has 9 heteroatoms. The summed E-state index contributed by atoms with van der Waals surface area (Å²) < 4.78 is 10.9. The first-order valence-electron chi connectivity index (χ1n) is 9.40. The van der Waals surface area contributed by atoms with Gasteiger partial charge in [-0.2, -0.15) is 0 Å². The van der Waals surface area contributed by atoms with Crippen molar-refractivity contribution in [2.24, 2.45) is 0 Å². The summed E-state index contributed by atoms with van der Waals surface area (Å²) in [5, 5.41) is 7.17. The van der Waals surface area contributed by atoms with Gasteiger partial charge >= 0.3 is 0 Å². The van der Waals surface area contributed by atoms with Crippen LogP contribution in [0.2, 0.25) is 10.0 Å². The molecular weight excluding hydrogens is 441 g/mol. The molecule has 0 atom stereocenters. The third kappa shape index (κ3) is 5.57. The van der Waals surface area contributed by atoms with Crippen LogP contribution in [0, 0.1) is 13.8 Å². The van der Waals surface area contributed by atoms with E-state index in [2.05, 4.69) is 10.5 Å². The standard InChI is InChI=1S/C22H21Cl2N3O4/c1-13-17(14(2)31-26-13)12-30-16-9-7-15(8-10-16)22(29)27(3)11-20(28)25-21-18(23)5-4-6-19(21)24/h4-10H,11-12H2,1-3H3,(H,25,28). The maximum Gasteiger partial charge on any atom is 0.254 e. The molecule has 1 aromatic heterocycles. The van der Waals surface area contributed by atoms with Gasteiger partial charge in [-0.25, -0.2) is 0 Å². The summed E-state index contributed by atoms with van der Waals surface area (Å²) in [5.41, 5.74) is 2.42. The van der Waals surface area contributed by atoms with Crippen molar-refractivity contribution in [3.63, 3.8) is 0 Å². The first kappa shape index (κ1) is 22.7. The Kier molecular flexibility index (Phi) is 7.20. The van der Waals surface area contributed by atoms with Crippen LogP contribution in [0.15, 0.2) is 47.0 Å². The highest BCUT2D eigenvalue weighted by molar-refractivity contribution is 6.39. The van der Waals surface area contributed by atoms with Crippen molar-refractivity contribution in [2.75, 3.05) is 18.9 Å². The molecule has 0 fully saturated rings. The second kappa shape index (κ2) is 9.85. The summed E-state index contributed by atoms with van der Waals surface area (Å²) >= 11 is 12.1. The van der Waals surface area contributed by atoms with Crippen LogP contribution >= 0.6 is 23.2 Å². The lowest BCUT2D eigenvalue weighted by Crippen LogP contribution is -2.35. The summed E-state index contributed by atoms with van der Waals surface area (Å²) in [4.78, 5) is 26.3. The van der Waals surface area contributed by atoms with Crippen molar-refractivity contribution < 1.29 is 18.8 Å². The van der Waals surface area contributed by atoms with E-state index in [4.69, 9.17) is 32.5 Å². The van der Waals surface area contributed by atoms with Crippen molar-refractivity contribution in [2.45, 2.75) is 20.5 Å². The number of likely N-dealkylation sites (N-methyl/N-ethyl adjacent to an activating group) is 1. The summed E-state index contributed by atoms with van der Waals surface area (Å²) in [5.74, 6) is 0.593. The van der Waals surface area contributed by atoms with Gasteiger partial charge in [0.2, 0.25) is 5.91 Å². The second-order valence-corrected chi connectivity index (χ2v) is 7.74. The van der Waals surface area contributed by atoms with Crippen LogP contribution in [0.3, 0.4) is 0 Å². The highest BCUT2D eigenvalue weighted by atomic mass is 35.5. The van der Waals surface area contributed by atoms with Crippen molar-refractivity contribution in [3.8, 4) is 5.75 Å². The van der Waals surface area contributed by atoms with Gasteiger partial charge in [0.1, 0.15) is 18.1 Å². The van der Waals surface area contributed by atoms with Crippen LogP contribution in [-0.4, -0.2) is 35.5 Å². The molecule has 0 bridgehead atoms.